The van der Waals surface area contributed by atoms with Gasteiger partial charge in [-0.25, -0.2) is 0 Å². The molecular formula is C13H19NO5. The Hall–Kier alpha value is -1.95. The molecule has 6 nitrogen and oxygen atoms in total. The fraction of sp³-hybridized carbons (Fsp3) is 0.462. The SMILES string of the molecule is CNC(CCOc1c(OC)cccc1OC)C(=O)O. The van der Waals surface area contributed by atoms with E-state index in [9.17, 15) is 4.79 Å². The highest BCUT2D eigenvalue weighted by atomic mass is 16.5. The van der Waals surface area contributed by atoms with Gasteiger partial charge in [0.15, 0.2) is 11.5 Å². The monoisotopic (exact) mass is 269 g/mol. The first-order valence-corrected chi connectivity index (χ1v) is 5.87. The number of benzene rings is 1. The quantitative estimate of drug-likeness (QED) is 0.737. The van der Waals surface area contributed by atoms with E-state index in [1.807, 2.05) is 0 Å². The van der Waals surface area contributed by atoms with Crippen molar-refractivity contribution in [2.75, 3.05) is 27.9 Å². The number of para-hydroxylation sites is 1. The largest absolute Gasteiger partial charge is 0.493 e. The molecule has 6 heteroatoms. The van der Waals surface area contributed by atoms with Gasteiger partial charge in [-0.1, -0.05) is 6.07 Å². The highest BCUT2D eigenvalue weighted by molar-refractivity contribution is 5.73. The number of carboxylic acids is 1. The summed E-state index contributed by atoms with van der Waals surface area (Å²) < 4.78 is 15.9. The van der Waals surface area contributed by atoms with Gasteiger partial charge in [0.25, 0.3) is 0 Å². The van der Waals surface area contributed by atoms with Crippen molar-refractivity contribution in [2.45, 2.75) is 12.5 Å². The second kappa shape index (κ2) is 7.48. The maximum Gasteiger partial charge on any atom is 0.320 e. The third kappa shape index (κ3) is 4.03. The van der Waals surface area contributed by atoms with Gasteiger partial charge in [0.2, 0.25) is 5.75 Å². The number of aliphatic carboxylic acids is 1. The molecule has 0 heterocycles. The van der Waals surface area contributed by atoms with Crippen LogP contribution in [0.25, 0.3) is 0 Å². The molecule has 0 saturated carbocycles. The van der Waals surface area contributed by atoms with Gasteiger partial charge in [-0.2, -0.15) is 0 Å². The Morgan fingerprint density at radius 3 is 2.32 bits per heavy atom. The molecule has 1 aromatic carbocycles. The van der Waals surface area contributed by atoms with E-state index in [4.69, 9.17) is 19.3 Å². The Bertz CT molecular complexity index is 399. The molecule has 2 N–H and O–H groups in total. The van der Waals surface area contributed by atoms with Crippen molar-refractivity contribution in [3.05, 3.63) is 18.2 Å². The minimum Gasteiger partial charge on any atom is -0.493 e. The van der Waals surface area contributed by atoms with Crippen LogP contribution in [0.2, 0.25) is 0 Å². The lowest BCUT2D eigenvalue weighted by Gasteiger charge is -2.15. The summed E-state index contributed by atoms with van der Waals surface area (Å²) in [6, 6.07) is 4.66. The van der Waals surface area contributed by atoms with Crippen molar-refractivity contribution in [3.63, 3.8) is 0 Å². The summed E-state index contributed by atoms with van der Waals surface area (Å²) in [5.74, 6) is 0.678. The summed E-state index contributed by atoms with van der Waals surface area (Å²) >= 11 is 0. The van der Waals surface area contributed by atoms with Crippen LogP contribution in [-0.2, 0) is 4.79 Å². The van der Waals surface area contributed by atoms with Crippen LogP contribution in [-0.4, -0.2) is 45.0 Å². The van der Waals surface area contributed by atoms with Gasteiger partial charge in [-0.05, 0) is 19.2 Å². The summed E-state index contributed by atoms with van der Waals surface area (Å²) in [6.45, 7) is 0.245. The second-order valence-corrected chi connectivity index (χ2v) is 3.81. The number of carboxylic acid groups (broad SMARTS) is 1. The zero-order valence-corrected chi connectivity index (χ0v) is 11.3. The lowest BCUT2D eigenvalue weighted by atomic mass is 10.2. The van der Waals surface area contributed by atoms with Crippen LogP contribution < -0.4 is 19.5 Å². The highest BCUT2D eigenvalue weighted by Gasteiger charge is 2.16. The average molecular weight is 269 g/mol. The van der Waals surface area contributed by atoms with Gasteiger partial charge >= 0.3 is 5.97 Å². The Labute approximate surface area is 112 Å². The van der Waals surface area contributed by atoms with E-state index in [1.54, 1.807) is 25.2 Å². The summed E-state index contributed by atoms with van der Waals surface area (Å²) in [7, 11) is 4.67. The normalized spacial score (nSPS) is 11.7. The molecule has 19 heavy (non-hydrogen) atoms. The van der Waals surface area contributed by atoms with Crippen LogP contribution in [0.4, 0.5) is 0 Å². The van der Waals surface area contributed by atoms with Crippen molar-refractivity contribution >= 4 is 5.97 Å². The average Bonchev–Trinajstić information content (AvgIpc) is 2.42. The van der Waals surface area contributed by atoms with Crippen LogP contribution in [0.15, 0.2) is 18.2 Å². The lowest BCUT2D eigenvalue weighted by Crippen LogP contribution is -2.35. The van der Waals surface area contributed by atoms with Crippen molar-refractivity contribution in [1.82, 2.24) is 5.32 Å². The van der Waals surface area contributed by atoms with E-state index in [1.165, 1.54) is 14.2 Å². The first kappa shape index (κ1) is 15.1. The number of ether oxygens (including phenoxy) is 3. The standard InChI is InChI=1S/C13H19NO5/c1-14-9(13(15)16)7-8-19-12-10(17-2)5-4-6-11(12)18-3/h4-6,9,14H,7-8H2,1-3H3,(H,15,16). The van der Waals surface area contributed by atoms with Crippen LogP contribution in [0, 0.1) is 0 Å². The molecule has 0 saturated heterocycles. The van der Waals surface area contributed by atoms with Gasteiger partial charge in [-0.3, -0.25) is 4.79 Å². The van der Waals surface area contributed by atoms with Crippen molar-refractivity contribution in [1.29, 1.82) is 0 Å². The third-order valence-corrected chi connectivity index (χ3v) is 2.68. The molecule has 0 amide bonds. The third-order valence-electron chi connectivity index (χ3n) is 2.68. The molecule has 1 atom stereocenters. The van der Waals surface area contributed by atoms with Gasteiger partial charge in [0, 0.05) is 6.42 Å². The van der Waals surface area contributed by atoms with E-state index in [2.05, 4.69) is 5.32 Å². The topological polar surface area (TPSA) is 77.0 Å². The van der Waals surface area contributed by atoms with E-state index in [-0.39, 0.29) is 6.61 Å². The van der Waals surface area contributed by atoms with Crippen molar-refractivity contribution in [3.8, 4) is 17.2 Å². The molecule has 0 spiro atoms. The Morgan fingerprint density at radius 1 is 1.32 bits per heavy atom. The maximum absolute atomic E-state index is 10.9. The zero-order valence-electron chi connectivity index (χ0n) is 11.3. The van der Waals surface area contributed by atoms with E-state index in [0.717, 1.165) is 0 Å². The number of carbonyl (C=O) groups is 1. The lowest BCUT2D eigenvalue weighted by molar-refractivity contribution is -0.139. The second-order valence-electron chi connectivity index (χ2n) is 3.81. The minimum atomic E-state index is -0.905. The molecule has 1 rings (SSSR count). The summed E-state index contributed by atoms with van der Waals surface area (Å²) in [6.07, 6.45) is 0.340. The highest BCUT2D eigenvalue weighted by Crippen LogP contribution is 2.36. The fourth-order valence-electron chi connectivity index (χ4n) is 1.63. The maximum atomic E-state index is 10.9. The Balaban J connectivity index is 2.69. The fourth-order valence-corrected chi connectivity index (χ4v) is 1.63. The predicted octanol–water partition coefficient (Wildman–Crippen LogP) is 1.15. The molecule has 1 aromatic rings. The summed E-state index contributed by atoms with van der Waals surface area (Å²) in [4.78, 5) is 10.9. The Morgan fingerprint density at radius 2 is 1.89 bits per heavy atom. The summed E-state index contributed by atoms with van der Waals surface area (Å²) in [5.41, 5.74) is 0. The number of methoxy groups -OCH3 is 2. The van der Waals surface area contributed by atoms with Gasteiger partial charge < -0.3 is 24.6 Å². The molecule has 0 aliphatic heterocycles. The molecule has 0 aliphatic carbocycles. The molecule has 0 bridgehead atoms. The molecular weight excluding hydrogens is 250 g/mol. The predicted molar refractivity (Wildman–Crippen MR) is 70.1 cm³/mol. The number of hydrogen-bond acceptors (Lipinski definition) is 5. The van der Waals surface area contributed by atoms with E-state index in [0.29, 0.717) is 23.7 Å². The van der Waals surface area contributed by atoms with Crippen LogP contribution >= 0.6 is 0 Å². The zero-order chi connectivity index (χ0) is 14.3. The first-order valence-electron chi connectivity index (χ1n) is 5.87. The first-order chi connectivity index (χ1) is 9.13. The smallest absolute Gasteiger partial charge is 0.320 e. The number of hydrogen-bond donors (Lipinski definition) is 2. The molecule has 0 radical (unpaired) electrons. The molecule has 0 aliphatic rings. The number of nitrogens with one attached hydrogen (secondary N) is 1. The van der Waals surface area contributed by atoms with Crippen molar-refractivity contribution in [2.24, 2.45) is 0 Å². The number of likely N-dealkylation sites (N-methyl/N-ethyl adjacent to an activating group) is 1. The van der Waals surface area contributed by atoms with E-state index >= 15 is 0 Å². The van der Waals surface area contributed by atoms with E-state index < -0.39 is 12.0 Å². The minimum absolute atomic E-state index is 0.245. The van der Waals surface area contributed by atoms with Crippen molar-refractivity contribution < 1.29 is 24.1 Å². The van der Waals surface area contributed by atoms with Crippen LogP contribution in [0.3, 0.4) is 0 Å². The molecule has 0 aromatic heterocycles. The molecule has 1 unspecified atom stereocenters. The molecule has 0 fully saturated rings. The van der Waals surface area contributed by atoms with Crippen LogP contribution in [0.1, 0.15) is 6.42 Å². The number of rotatable bonds is 8. The molecule has 106 valence electrons. The summed E-state index contributed by atoms with van der Waals surface area (Å²) in [5, 5.41) is 11.6. The van der Waals surface area contributed by atoms with Gasteiger partial charge in [0.1, 0.15) is 6.04 Å². The van der Waals surface area contributed by atoms with Gasteiger partial charge in [0.05, 0.1) is 20.8 Å². The Kier molecular flexibility index (Phi) is 5.95. The van der Waals surface area contributed by atoms with Gasteiger partial charge in [-0.15, -0.1) is 0 Å². The van der Waals surface area contributed by atoms with Crippen LogP contribution in [0.5, 0.6) is 17.2 Å².